The molecule has 0 spiro atoms. The lowest BCUT2D eigenvalue weighted by molar-refractivity contribution is -0.132. The van der Waals surface area contributed by atoms with Crippen LogP contribution in [0.15, 0.2) is 72.3 Å². The van der Waals surface area contributed by atoms with E-state index in [1.54, 1.807) is 18.2 Å². The van der Waals surface area contributed by atoms with Gasteiger partial charge in [-0.25, -0.2) is 8.78 Å². The minimum Gasteiger partial charge on any atom is -0.508 e. The van der Waals surface area contributed by atoms with Crippen molar-refractivity contribution in [2.45, 2.75) is 6.04 Å². The van der Waals surface area contributed by atoms with Gasteiger partial charge < -0.3 is 14.9 Å². The van der Waals surface area contributed by atoms with Gasteiger partial charge in [-0.15, -0.1) is 0 Å². The van der Waals surface area contributed by atoms with Gasteiger partial charge in [0, 0.05) is 6.07 Å². The fraction of sp³-hybridized carbons (Fsp3) is 0.0833. The number of nitrogens with zero attached hydrogens (tertiary/aromatic N) is 1. The summed E-state index contributed by atoms with van der Waals surface area (Å²) in [7, 11) is 1.38. The van der Waals surface area contributed by atoms with Crippen LogP contribution in [0, 0.1) is 11.6 Å². The zero-order valence-corrected chi connectivity index (χ0v) is 16.8. The van der Waals surface area contributed by atoms with Crippen molar-refractivity contribution in [2.24, 2.45) is 0 Å². The average molecular weight is 437 g/mol. The number of ether oxygens (including phenoxy) is 1. The zero-order chi connectivity index (χ0) is 23.0. The maximum atomic E-state index is 14.6. The van der Waals surface area contributed by atoms with Crippen molar-refractivity contribution in [3.05, 3.63) is 95.1 Å². The second kappa shape index (κ2) is 8.14. The van der Waals surface area contributed by atoms with Gasteiger partial charge >= 0.3 is 0 Å². The standard InChI is InChI=1S/C24H17F2NO5/c1-32-19-5-3-2-4-16(19)22(29)20-21(13-6-9-15(28)10-7-13)27(24(31)23(20)30)18-12-14(25)8-11-17(18)26/h2-12,21,28-29H,1H3/b22-20+. The number of phenolic OH excluding ortho intramolecular Hbond substituents is 1. The highest BCUT2D eigenvalue weighted by molar-refractivity contribution is 6.51. The topological polar surface area (TPSA) is 87.1 Å². The lowest BCUT2D eigenvalue weighted by atomic mass is 9.94. The summed E-state index contributed by atoms with van der Waals surface area (Å²) >= 11 is 0. The van der Waals surface area contributed by atoms with E-state index in [1.165, 1.54) is 37.4 Å². The van der Waals surface area contributed by atoms with E-state index in [4.69, 9.17) is 4.74 Å². The number of Topliss-reactive ketones (excluding diaryl/α,β-unsaturated/α-hetero) is 1. The van der Waals surface area contributed by atoms with E-state index in [-0.39, 0.29) is 22.6 Å². The molecule has 0 aromatic heterocycles. The number of phenols is 1. The van der Waals surface area contributed by atoms with Crippen LogP contribution in [0.2, 0.25) is 0 Å². The van der Waals surface area contributed by atoms with Gasteiger partial charge in [0.25, 0.3) is 11.7 Å². The predicted octanol–water partition coefficient (Wildman–Crippen LogP) is 4.31. The number of methoxy groups -OCH3 is 1. The Kier molecular flexibility index (Phi) is 5.36. The van der Waals surface area contributed by atoms with Crippen molar-refractivity contribution >= 4 is 23.1 Å². The summed E-state index contributed by atoms with van der Waals surface area (Å²) in [6, 6.07) is 13.1. The molecule has 1 saturated heterocycles. The summed E-state index contributed by atoms with van der Waals surface area (Å²) in [5.41, 5.74) is -0.336. The molecular weight excluding hydrogens is 420 g/mol. The van der Waals surface area contributed by atoms with E-state index in [1.807, 2.05) is 0 Å². The molecule has 6 nitrogen and oxygen atoms in total. The average Bonchev–Trinajstić information content (AvgIpc) is 3.06. The number of aliphatic hydroxyl groups is 1. The Hall–Kier alpha value is -4.20. The number of halogens is 2. The Morgan fingerprint density at radius 3 is 2.38 bits per heavy atom. The Morgan fingerprint density at radius 2 is 1.69 bits per heavy atom. The Balaban J connectivity index is 2.00. The molecule has 0 radical (unpaired) electrons. The lowest BCUT2D eigenvalue weighted by Crippen LogP contribution is -2.30. The number of amides is 1. The lowest BCUT2D eigenvalue weighted by Gasteiger charge is -2.26. The van der Waals surface area contributed by atoms with Gasteiger partial charge in [0.05, 0.1) is 30.0 Å². The molecule has 0 bridgehead atoms. The Bertz CT molecular complexity index is 1250. The monoisotopic (exact) mass is 437 g/mol. The fourth-order valence-electron chi connectivity index (χ4n) is 3.71. The smallest absolute Gasteiger partial charge is 0.300 e. The van der Waals surface area contributed by atoms with Gasteiger partial charge in [0.15, 0.2) is 0 Å². The highest BCUT2D eigenvalue weighted by Crippen LogP contribution is 2.44. The number of rotatable bonds is 4. The first-order valence-electron chi connectivity index (χ1n) is 9.52. The second-order valence-electron chi connectivity index (χ2n) is 7.06. The van der Waals surface area contributed by atoms with Gasteiger partial charge in [-0.3, -0.25) is 14.5 Å². The van der Waals surface area contributed by atoms with Gasteiger partial charge in [-0.2, -0.15) is 0 Å². The molecule has 1 aliphatic rings. The van der Waals surface area contributed by atoms with Crippen LogP contribution in [0.3, 0.4) is 0 Å². The van der Waals surface area contributed by atoms with Crippen LogP contribution >= 0.6 is 0 Å². The van der Waals surface area contributed by atoms with Crippen LogP contribution in [0.25, 0.3) is 5.76 Å². The van der Waals surface area contributed by atoms with Crippen LogP contribution in [-0.2, 0) is 9.59 Å². The molecule has 2 N–H and O–H groups in total. The third-order valence-corrected chi connectivity index (χ3v) is 5.18. The third-order valence-electron chi connectivity index (χ3n) is 5.18. The number of aromatic hydroxyl groups is 1. The van der Waals surface area contributed by atoms with Crippen LogP contribution in [0.1, 0.15) is 17.2 Å². The summed E-state index contributed by atoms with van der Waals surface area (Å²) < 4.78 is 33.8. The van der Waals surface area contributed by atoms with E-state index in [2.05, 4.69) is 0 Å². The normalized spacial score (nSPS) is 17.6. The summed E-state index contributed by atoms with van der Waals surface area (Å²) in [5, 5.41) is 20.7. The van der Waals surface area contributed by atoms with Crippen LogP contribution in [0.5, 0.6) is 11.5 Å². The van der Waals surface area contributed by atoms with Gasteiger partial charge in [-0.05, 0) is 42.0 Å². The van der Waals surface area contributed by atoms with Crippen LogP contribution in [0.4, 0.5) is 14.5 Å². The quantitative estimate of drug-likeness (QED) is 0.361. The minimum absolute atomic E-state index is 0.0765. The van der Waals surface area contributed by atoms with E-state index in [9.17, 15) is 28.6 Å². The molecular formula is C24H17F2NO5. The number of carbonyl (C=O) groups excluding carboxylic acids is 2. The fourth-order valence-corrected chi connectivity index (χ4v) is 3.71. The van der Waals surface area contributed by atoms with E-state index in [0.717, 1.165) is 23.1 Å². The molecule has 1 fully saturated rings. The molecule has 3 aromatic rings. The predicted molar refractivity (Wildman–Crippen MR) is 112 cm³/mol. The molecule has 3 aromatic carbocycles. The van der Waals surface area contributed by atoms with Crippen molar-refractivity contribution < 1.29 is 33.3 Å². The van der Waals surface area contributed by atoms with Crippen molar-refractivity contribution in [3.8, 4) is 11.5 Å². The van der Waals surface area contributed by atoms with Gasteiger partial charge in [0.2, 0.25) is 0 Å². The number of hydrogen-bond acceptors (Lipinski definition) is 5. The minimum atomic E-state index is -1.28. The molecule has 1 atom stereocenters. The highest BCUT2D eigenvalue weighted by Gasteiger charge is 2.48. The highest BCUT2D eigenvalue weighted by atomic mass is 19.1. The largest absolute Gasteiger partial charge is 0.508 e. The summed E-state index contributed by atoms with van der Waals surface area (Å²) in [5.74, 6) is -4.30. The number of para-hydroxylation sites is 1. The summed E-state index contributed by atoms with van der Waals surface area (Å²) in [6.07, 6.45) is 0. The Labute approximate surface area is 181 Å². The van der Waals surface area contributed by atoms with Crippen LogP contribution < -0.4 is 9.64 Å². The molecule has 1 amide bonds. The number of carbonyl (C=O) groups is 2. The van der Waals surface area contributed by atoms with Gasteiger partial charge in [-0.1, -0.05) is 24.3 Å². The Morgan fingerprint density at radius 1 is 1.00 bits per heavy atom. The molecule has 1 aliphatic heterocycles. The van der Waals surface area contributed by atoms with E-state index >= 15 is 0 Å². The van der Waals surface area contributed by atoms with Gasteiger partial charge in [0.1, 0.15) is 28.9 Å². The molecule has 0 aliphatic carbocycles. The SMILES string of the molecule is COc1ccccc1/C(O)=C1\C(=O)C(=O)N(c2cc(F)ccc2F)C1c1ccc(O)cc1. The summed E-state index contributed by atoms with van der Waals surface area (Å²) in [6.45, 7) is 0. The van der Waals surface area contributed by atoms with Crippen LogP contribution in [-0.4, -0.2) is 29.0 Å². The zero-order valence-electron chi connectivity index (χ0n) is 16.8. The molecule has 4 rings (SSSR count). The number of anilines is 1. The molecule has 32 heavy (non-hydrogen) atoms. The molecule has 162 valence electrons. The number of ketones is 1. The van der Waals surface area contributed by atoms with E-state index in [0.29, 0.717) is 5.56 Å². The van der Waals surface area contributed by atoms with Crippen molar-refractivity contribution in [2.75, 3.05) is 12.0 Å². The second-order valence-corrected chi connectivity index (χ2v) is 7.06. The maximum Gasteiger partial charge on any atom is 0.300 e. The van der Waals surface area contributed by atoms with E-state index < -0.39 is 40.8 Å². The molecule has 0 saturated carbocycles. The third kappa shape index (κ3) is 3.45. The number of hydrogen-bond donors (Lipinski definition) is 2. The summed E-state index contributed by atoms with van der Waals surface area (Å²) in [4.78, 5) is 26.8. The molecule has 1 unspecified atom stereocenters. The van der Waals surface area contributed by atoms with Crippen molar-refractivity contribution in [1.82, 2.24) is 0 Å². The number of aliphatic hydroxyl groups excluding tert-OH is 1. The maximum absolute atomic E-state index is 14.6. The first-order chi connectivity index (χ1) is 15.3. The van der Waals surface area contributed by atoms with Crippen molar-refractivity contribution in [3.63, 3.8) is 0 Å². The molecule has 1 heterocycles. The number of benzene rings is 3. The first kappa shape index (κ1) is 21.0. The molecule has 8 heteroatoms. The first-order valence-corrected chi connectivity index (χ1v) is 9.52. The van der Waals surface area contributed by atoms with Crippen molar-refractivity contribution in [1.29, 1.82) is 0 Å².